The lowest BCUT2D eigenvalue weighted by atomic mass is 9.99. The second-order valence-corrected chi connectivity index (χ2v) is 11.8. The molecule has 11 nitrogen and oxygen atoms in total. The third-order valence-corrected chi connectivity index (χ3v) is 8.39. The molecule has 1 aromatic carbocycles. The largest absolute Gasteiger partial charge is 0.382 e. The number of fused-ring (bicyclic) bond motifs is 1. The van der Waals surface area contributed by atoms with Gasteiger partial charge in [0.15, 0.2) is 0 Å². The topological polar surface area (TPSA) is 122 Å². The minimum Gasteiger partial charge on any atom is -0.382 e. The lowest BCUT2D eigenvalue weighted by Gasteiger charge is -2.28. The molecule has 42 heavy (non-hydrogen) atoms. The third kappa shape index (κ3) is 5.94. The van der Waals surface area contributed by atoms with Crippen molar-refractivity contribution >= 4 is 27.5 Å². The summed E-state index contributed by atoms with van der Waals surface area (Å²) in [5, 5.41) is 12.1. The van der Waals surface area contributed by atoms with Crippen LogP contribution < -0.4 is 16.6 Å². The van der Waals surface area contributed by atoms with Gasteiger partial charge >= 0.3 is 5.69 Å². The van der Waals surface area contributed by atoms with Gasteiger partial charge in [-0.2, -0.15) is 10.2 Å². The fourth-order valence-corrected chi connectivity index (χ4v) is 6.13. The van der Waals surface area contributed by atoms with Gasteiger partial charge in [0, 0.05) is 18.7 Å². The van der Waals surface area contributed by atoms with Crippen molar-refractivity contribution in [3.8, 4) is 5.00 Å². The van der Waals surface area contributed by atoms with E-state index >= 15 is 0 Å². The molecule has 226 valence electrons. The van der Waals surface area contributed by atoms with Crippen LogP contribution in [0.25, 0.3) is 15.2 Å². The summed E-state index contributed by atoms with van der Waals surface area (Å²) < 4.78 is 28.3. The minimum absolute atomic E-state index is 0.0520. The SMILES string of the molecule is CCc1ccc(F)cc1[C@H](Cn1c(=O)n(C(C)(C)C(=O)NC(C)C)c(=O)c2c(C)c(-n3nccn3)sc21)OCCOC. The summed E-state index contributed by atoms with van der Waals surface area (Å²) in [4.78, 5) is 43.5. The number of carbonyl (C=O) groups excluding carboxylic acids is 1. The molecule has 4 rings (SSSR count). The number of amides is 1. The molecule has 0 fully saturated rings. The molecule has 1 N–H and O–H groups in total. The van der Waals surface area contributed by atoms with Crippen LogP contribution in [0.2, 0.25) is 0 Å². The van der Waals surface area contributed by atoms with E-state index < -0.39 is 34.6 Å². The van der Waals surface area contributed by atoms with E-state index in [0.29, 0.717) is 27.4 Å². The first-order chi connectivity index (χ1) is 19.9. The summed E-state index contributed by atoms with van der Waals surface area (Å²) in [5.41, 5.74) is -0.809. The van der Waals surface area contributed by atoms with Crippen LogP contribution in [0.15, 0.2) is 40.2 Å². The third-order valence-electron chi connectivity index (χ3n) is 7.11. The van der Waals surface area contributed by atoms with E-state index in [0.717, 1.165) is 10.1 Å². The predicted octanol–water partition coefficient (Wildman–Crippen LogP) is 3.48. The van der Waals surface area contributed by atoms with Gasteiger partial charge in [0.25, 0.3) is 5.56 Å². The summed E-state index contributed by atoms with van der Waals surface area (Å²) in [6.45, 7) is 10.8. The smallest absolute Gasteiger partial charge is 0.333 e. The Kier molecular flexibility index (Phi) is 9.43. The second-order valence-electron chi connectivity index (χ2n) is 10.8. The molecular weight excluding hydrogens is 563 g/mol. The number of hydrogen-bond acceptors (Lipinski definition) is 8. The first-order valence-electron chi connectivity index (χ1n) is 13.8. The number of methoxy groups -OCH3 is 1. The van der Waals surface area contributed by atoms with E-state index in [1.807, 2.05) is 6.92 Å². The molecule has 1 amide bonds. The molecule has 0 saturated carbocycles. The molecule has 4 aromatic rings. The Morgan fingerprint density at radius 2 is 1.86 bits per heavy atom. The lowest BCUT2D eigenvalue weighted by molar-refractivity contribution is -0.129. The predicted molar refractivity (Wildman–Crippen MR) is 159 cm³/mol. The highest BCUT2D eigenvalue weighted by Gasteiger charge is 2.36. The number of thiophene rings is 1. The fraction of sp³-hybridized carbons (Fsp3) is 0.483. The van der Waals surface area contributed by atoms with Crippen molar-refractivity contribution in [1.82, 2.24) is 29.4 Å². The van der Waals surface area contributed by atoms with Crippen LogP contribution in [0, 0.1) is 12.7 Å². The second kappa shape index (κ2) is 12.7. The van der Waals surface area contributed by atoms with Crippen molar-refractivity contribution in [3.63, 3.8) is 0 Å². The Balaban J connectivity index is 2.02. The van der Waals surface area contributed by atoms with Crippen LogP contribution in [-0.4, -0.2) is 56.4 Å². The number of rotatable bonds is 12. The molecule has 0 unspecified atom stereocenters. The molecule has 0 aliphatic rings. The molecule has 13 heteroatoms. The monoisotopic (exact) mass is 600 g/mol. The number of aromatic nitrogens is 5. The summed E-state index contributed by atoms with van der Waals surface area (Å²) in [5.74, 6) is -0.911. The molecule has 0 bridgehead atoms. The van der Waals surface area contributed by atoms with Gasteiger partial charge in [-0.1, -0.05) is 24.3 Å². The van der Waals surface area contributed by atoms with Crippen molar-refractivity contribution in [3.05, 3.63) is 73.9 Å². The summed E-state index contributed by atoms with van der Waals surface area (Å²) >= 11 is 1.19. The number of carbonyl (C=O) groups is 1. The standard InChI is InChI=1S/C29H37FN6O5S/c1-8-19-9-10-20(30)15-21(19)22(41-14-13-40-7)16-34-26-23(18(4)25(42-26)36-31-11-12-32-36)24(37)35(28(34)39)29(5,6)27(38)33-17(2)3/h9-12,15,17,22H,8,13-14,16H2,1-7H3,(H,33,38)/t22-/m0/s1. The van der Waals surface area contributed by atoms with Gasteiger partial charge in [0.05, 0.1) is 37.5 Å². The van der Waals surface area contributed by atoms with E-state index in [-0.39, 0.29) is 31.2 Å². The molecule has 3 aromatic heterocycles. The average molecular weight is 601 g/mol. The van der Waals surface area contributed by atoms with Gasteiger partial charge < -0.3 is 14.8 Å². The van der Waals surface area contributed by atoms with Crippen molar-refractivity contribution < 1.29 is 18.7 Å². The summed E-state index contributed by atoms with van der Waals surface area (Å²) in [6.07, 6.45) is 2.88. The molecular formula is C29H37FN6O5S. The van der Waals surface area contributed by atoms with Gasteiger partial charge in [-0.15, -0.1) is 4.80 Å². The number of aryl methyl sites for hydroxylation is 2. The number of halogens is 1. The van der Waals surface area contributed by atoms with Crippen molar-refractivity contribution in [2.24, 2.45) is 0 Å². The van der Waals surface area contributed by atoms with Gasteiger partial charge in [0.2, 0.25) is 5.91 Å². The Labute approximate surface area is 246 Å². The van der Waals surface area contributed by atoms with Crippen LogP contribution in [0.3, 0.4) is 0 Å². The molecule has 0 aliphatic carbocycles. The first-order valence-corrected chi connectivity index (χ1v) is 14.6. The minimum atomic E-state index is -1.54. The zero-order valence-corrected chi connectivity index (χ0v) is 25.7. The maximum absolute atomic E-state index is 14.5. The Morgan fingerprint density at radius 1 is 1.17 bits per heavy atom. The lowest BCUT2D eigenvalue weighted by Crippen LogP contribution is -2.56. The maximum Gasteiger partial charge on any atom is 0.333 e. The van der Waals surface area contributed by atoms with Crippen LogP contribution in [-0.2, 0) is 32.8 Å². The summed E-state index contributed by atoms with van der Waals surface area (Å²) in [7, 11) is 1.55. The highest BCUT2D eigenvalue weighted by Crippen LogP contribution is 2.33. The molecule has 0 spiro atoms. The summed E-state index contributed by atoms with van der Waals surface area (Å²) in [6, 6.07) is 4.29. The normalized spacial score (nSPS) is 12.8. The molecule has 3 heterocycles. The van der Waals surface area contributed by atoms with Gasteiger partial charge in [-0.05, 0) is 64.3 Å². The van der Waals surface area contributed by atoms with Gasteiger partial charge in [-0.3, -0.25) is 14.2 Å². The Bertz CT molecular complexity index is 1690. The van der Waals surface area contributed by atoms with Crippen molar-refractivity contribution in [2.75, 3.05) is 20.3 Å². The zero-order valence-electron chi connectivity index (χ0n) is 24.9. The Morgan fingerprint density at radius 3 is 2.48 bits per heavy atom. The van der Waals surface area contributed by atoms with Gasteiger partial charge in [-0.25, -0.2) is 13.8 Å². The van der Waals surface area contributed by atoms with Crippen molar-refractivity contribution in [1.29, 1.82) is 0 Å². The molecule has 0 radical (unpaired) electrons. The van der Waals surface area contributed by atoms with E-state index in [2.05, 4.69) is 15.5 Å². The number of benzene rings is 1. The average Bonchev–Trinajstić information content (AvgIpc) is 3.58. The van der Waals surface area contributed by atoms with Crippen LogP contribution in [0.1, 0.15) is 57.4 Å². The highest BCUT2D eigenvalue weighted by molar-refractivity contribution is 7.21. The van der Waals surface area contributed by atoms with Gasteiger partial charge in [0.1, 0.15) is 27.3 Å². The molecule has 1 atom stereocenters. The number of hydrogen-bond donors (Lipinski definition) is 1. The van der Waals surface area contributed by atoms with E-state index in [4.69, 9.17) is 9.47 Å². The fourth-order valence-electron chi connectivity index (χ4n) is 4.91. The number of nitrogens with zero attached hydrogens (tertiary/aromatic N) is 5. The maximum atomic E-state index is 14.5. The first kappa shape index (κ1) is 31.3. The zero-order chi connectivity index (χ0) is 30.8. The quantitative estimate of drug-likeness (QED) is 0.247. The Hall–Kier alpha value is -3.68. The molecule has 0 saturated heterocycles. The van der Waals surface area contributed by atoms with E-state index in [1.54, 1.807) is 33.9 Å². The van der Waals surface area contributed by atoms with Crippen LogP contribution >= 0.6 is 11.3 Å². The number of nitrogens with one attached hydrogen (secondary N) is 1. The van der Waals surface area contributed by atoms with E-state index in [1.165, 1.54) is 59.1 Å². The highest BCUT2D eigenvalue weighted by atomic mass is 32.1. The number of ether oxygens (including phenoxy) is 2. The van der Waals surface area contributed by atoms with Crippen LogP contribution in [0.5, 0.6) is 0 Å². The molecule has 0 aliphatic heterocycles. The van der Waals surface area contributed by atoms with E-state index in [9.17, 15) is 18.8 Å². The van der Waals surface area contributed by atoms with Crippen LogP contribution in [0.4, 0.5) is 4.39 Å². The van der Waals surface area contributed by atoms with Crippen molar-refractivity contribution in [2.45, 2.75) is 72.2 Å².